The van der Waals surface area contributed by atoms with E-state index < -0.39 is 5.97 Å². The van der Waals surface area contributed by atoms with Gasteiger partial charge in [-0.2, -0.15) is 0 Å². The minimum absolute atomic E-state index is 0.0360. The number of carboxylic acid groups (broad SMARTS) is 1. The number of fused-ring (bicyclic) bond motifs is 3. The van der Waals surface area contributed by atoms with Crippen LogP contribution in [-0.4, -0.2) is 49.8 Å². The van der Waals surface area contributed by atoms with Gasteiger partial charge in [0, 0.05) is 36.0 Å². The van der Waals surface area contributed by atoms with E-state index in [4.69, 9.17) is 14.7 Å². The fourth-order valence-corrected chi connectivity index (χ4v) is 7.01. The fraction of sp³-hybridized carbons (Fsp3) is 0.567. The number of hydrogen-bond acceptors (Lipinski definition) is 6. The second-order valence-electron chi connectivity index (χ2n) is 12.0. The Kier molecular flexibility index (Phi) is 5.68. The van der Waals surface area contributed by atoms with Gasteiger partial charge in [-0.3, -0.25) is 19.7 Å². The Labute approximate surface area is 227 Å². The zero-order valence-electron chi connectivity index (χ0n) is 22.6. The van der Waals surface area contributed by atoms with E-state index in [2.05, 4.69) is 15.6 Å². The molecule has 0 spiro atoms. The summed E-state index contributed by atoms with van der Waals surface area (Å²) in [5, 5.41) is 9.87. The number of aliphatic carboxylic acids is 1. The highest BCUT2D eigenvalue weighted by molar-refractivity contribution is 5.95. The Bertz CT molecular complexity index is 1470. The first-order valence-electron chi connectivity index (χ1n) is 14.4. The molecule has 3 aromatic rings. The first-order valence-corrected chi connectivity index (χ1v) is 14.4. The summed E-state index contributed by atoms with van der Waals surface area (Å²) in [6.07, 6.45) is 12.4. The maximum atomic E-state index is 12.7. The van der Waals surface area contributed by atoms with Crippen molar-refractivity contribution < 1.29 is 19.4 Å². The maximum Gasteiger partial charge on any atom is 0.414 e. The fourth-order valence-electron chi connectivity index (χ4n) is 7.01. The van der Waals surface area contributed by atoms with Gasteiger partial charge in [-0.15, -0.1) is 0 Å². The zero-order valence-corrected chi connectivity index (χ0v) is 22.6. The van der Waals surface area contributed by atoms with Crippen LogP contribution in [0.5, 0.6) is 0 Å². The topological polar surface area (TPSA) is 110 Å². The lowest BCUT2D eigenvalue weighted by Gasteiger charge is -2.34. The number of nitrogens with zero attached hydrogens (tertiary/aromatic N) is 5. The van der Waals surface area contributed by atoms with E-state index in [0.29, 0.717) is 12.3 Å². The minimum atomic E-state index is -0.713. The lowest BCUT2D eigenvalue weighted by atomic mass is 9.85. The molecule has 7 rings (SSSR count). The molecule has 204 valence electrons. The van der Waals surface area contributed by atoms with Crippen LogP contribution in [0.2, 0.25) is 0 Å². The number of ether oxygens (including phenoxy) is 1. The van der Waals surface area contributed by atoms with Crippen LogP contribution in [0.3, 0.4) is 0 Å². The van der Waals surface area contributed by atoms with Crippen LogP contribution in [0, 0.1) is 5.92 Å². The molecular weight excluding hydrogens is 494 g/mol. The zero-order chi connectivity index (χ0) is 26.9. The number of carbonyl (C=O) groups is 2. The summed E-state index contributed by atoms with van der Waals surface area (Å²) in [5.41, 5.74) is 5.60. The molecule has 2 aromatic heterocycles. The van der Waals surface area contributed by atoms with Crippen molar-refractivity contribution >= 4 is 28.8 Å². The van der Waals surface area contributed by atoms with Gasteiger partial charge in [-0.25, -0.2) is 9.78 Å². The van der Waals surface area contributed by atoms with Crippen molar-refractivity contribution in [2.24, 2.45) is 5.92 Å². The number of anilines is 1. The molecule has 3 fully saturated rings. The first-order chi connectivity index (χ1) is 18.9. The Morgan fingerprint density at radius 3 is 2.62 bits per heavy atom. The molecule has 0 unspecified atom stereocenters. The normalized spacial score (nSPS) is 25.8. The van der Waals surface area contributed by atoms with Gasteiger partial charge in [0.05, 0.1) is 46.6 Å². The van der Waals surface area contributed by atoms with Gasteiger partial charge in [0.25, 0.3) is 0 Å². The molecule has 3 heterocycles. The van der Waals surface area contributed by atoms with Gasteiger partial charge < -0.3 is 14.4 Å². The molecule has 9 heteroatoms. The van der Waals surface area contributed by atoms with E-state index in [1.807, 2.05) is 25.4 Å². The molecule has 1 N–H and O–H groups in total. The Balaban J connectivity index is 1.41. The van der Waals surface area contributed by atoms with Crippen molar-refractivity contribution in [2.45, 2.75) is 94.5 Å². The monoisotopic (exact) mass is 529 g/mol. The predicted octanol–water partition coefficient (Wildman–Crippen LogP) is 5.51. The maximum absolute atomic E-state index is 12.7. The van der Waals surface area contributed by atoms with Crippen molar-refractivity contribution in [1.82, 2.24) is 19.5 Å². The highest BCUT2D eigenvalue weighted by Gasteiger charge is 2.53. The highest BCUT2D eigenvalue weighted by Crippen LogP contribution is 2.55. The summed E-state index contributed by atoms with van der Waals surface area (Å²) < 4.78 is 7.49. The van der Waals surface area contributed by atoms with E-state index in [0.717, 1.165) is 84.4 Å². The third-order valence-corrected chi connectivity index (χ3v) is 9.50. The second-order valence-corrected chi connectivity index (χ2v) is 12.0. The van der Waals surface area contributed by atoms with Crippen molar-refractivity contribution in [3.05, 3.63) is 47.3 Å². The number of carboxylic acids is 1. The minimum Gasteiger partial charge on any atom is -0.481 e. The standard InChI is InChI=1S/C30H35N5O4/c1-17-6-9-21-23(34(17)29(38)39-2)10-11-24-26(21)33-28(35(24)20-5-3-4-19(14-20)27(36)37)30(12-13-30)25-16-31-15-22(32-25)18-7-8-18/h10-11,15-20H,3-9,12-14H2,1-2H3,(H,36,37)/t17-,19+,20+/m0/s1. The van der Waals surface area contributed by atoms with E-state index in [9.17, 15) is 14.7 Å². The highest BCUT2D eigenvalue weighted by atomic mass is 16.5. The number of benzene rings is 1. The summed E-state index contributed by atoms with van der Waals surface area (Å²) in [5.74, 6) is 0.429. The molecule has 0 bridgehead atoms. The average molecular weight is 530 g/mol. The van der Waals surface area contributed by atoms with Crippen LogP contribution in [0.25, 0.3) is 11.0 Å². The number of imidazole rings is 1. The third-order valence-electron chi connectivity index (χ3n) is 9.50. The number of carbonyl (C=O) groups excluding carboxylic acids is 1. The van der Waals surface area contributed by atoms with Gasteiger partial charge in [-0.1, -0.05) is 6.42 Å². The number of hydrogen-bond donors (Lipinski definition) is 1. The van der Waals surface area contributed by atoms with Crippen LogP contribution in [0.4, 0.5) is 10.5 Å². The van der Waals surface area contributed by atoms with Crippen LogP contribution >= 0.6 is 0 Å². The summed E-state index contributed by atoms with van der Waals surface area (Å²) in [4.78, 5) is 41.6. The largest absolute Gasteiger partial charge is 0.481 e. The van der Waals surface area contributed by atoms with Crippen molar-refractivity contribution in [1.29, 1.82) is 0 Å². The van der Waals surface area contributed by atoms with Crippen LogP contribution < -0.4 is 4.90 Å². The predicted molar refractivity (Wildman–Crippen MR) is 145 cm³/mol. The molecule has 0 saturated heterocycles. The van der Waals surface area contributed by atoms with E-state index in [-0.39, 0.29) is 29.5 Å². The van der Waals surface area contributed by atoms with E-state index in [1.165, 1.54) is 20.0 Å². The summed E-state index contributed by atoms with van der Waals surface area (Å²) >= 11 is 0. The molecule has 3 saturated carbocycles. The Morgan fingerprint density at radius 1 is 1.08 bits per heavy atom. The smallest absolute Gasteiger partial charge is 0.414 e. The number of methoxy groups -OCH3 is 1. The van der Waals surface area contributed by atoms with Crippen LogP contribution in [0.1, 0.15) is 99.4 Å². The molecule has 0 radical (unpaired) electrons. The molecule has 1 amide bonds. The van der Waals surface area contributed by atoms with Crippen molar-refractivity contribution in [3.8, 4) is 0 Å². The SMILES string of the molecule is COC(=O)N1c2ccc3c(nc(C4(c5cncc(C6CC6)n5)CC4)n3[C@@H]3CCC[C@@H](C(=O)O)C3)c2CC[C@@H]1C. The Hall–Kier alpha value is -3.49. The van der Waals surface area contributed by atoms with Crippen LogP contribution in [0.15, 0.2) is 24.5 Å². The second kappa shape index (κ2) is 9.03. The van der Waals surface area contributed by atoms with Gasteiger partial charge in [0.15, 0.2) is 0 Å². The number of aryl methyl sites for hydroxylation is 1. The summed E-state index contributed by atoms with van der Waals surface area (Å²) in [6.45, 7) is 2.05. The molecule has 3 atom stereocenters. The number of amides is 1. The third kappa shape index (κ3) is 3.92. The van der Waals surface area contributed by atoms with Crippen LogP contribution in [-0.2, 0) is 21.4 Å². The molecule has 1 aliphatic heterocycles. The molecule has 1 aromatic carbocycles. The quantitative estimate of drug-likeness (QED) is 0.464. The average Bonchev–Trinajstić information content (AvgIpc) is 3.89. The summed E-state index contributed by atoms with van der Waals surface area (Å²) in [7, 11) is 1.42. The van der Waals surface area contributed by atoms with E-state index in [1.54, 1.807) is 4.90 Å². The van der Waals surface area contributed by atoms with Crippen molar-refractivity contribution in [3.63, 3.8) is 0 Å². The van der Waals surface area contributed by atoms with Gasteiger partial charge in [0.1, 0.15) is 5.82 Å². The Morgan fingerprint density at radius 2 is 1.90 bits per heavy atom. The number of rotatable bonds is 5. The van der Waals surface area contributed by atoms with Gasteiger partial charge in [-0.05, 0) is 76.8 Å². The van der Waals surface area contributed by atoms with Crippen molar-refractivity contribution in [2.75, 3.05) is 12.0 Å². The molecular formula is C30H35N5O4. The lowest BCUT2D eigenvalue weighted by Crippen LogP contribution is -2.42. The van der Waals surface area contributed by atoms with Gasteiger partial charge >= 0.3 is 12.1 Å². The molecule has 4 aliphatic rings. The van der Waals surface area contributed by atoms with Gasteiger partial charge in [0.2, 0.25) is 0 Å². The number of aromatic nitrogens is 4. The lowest BCUT2D eigenvalue weighted by molar-refractivity contribution is -0.143. The molecule has 3 aliphatic carbocycles. The van der Waals surface area contributed by atoms with E-state index >= 15 is 0 Å². The summed E-state index contributed by atoms with van der Waals surface area (Å²) in [6, 6.07) is 4.19. The molecule has 9 nitrogen and oxygen atoms in total. The molecule has 39 heavy (non-hydrogen) atoms. The first kappa shape index (κ1) is 24.5.